The van der Waals surface area contributed by atoms with E-state index in [-0.39, 0.29) is 25.2 Å². The van der Waals surface area contributed by atoms with Gasteiger partial charge in [0.1, 0.15) is 18.1 Å². The number of amides is 3. The van der Waals surface area contributed by atoms with Crippen molar-refractivity contribution >= 4 is 23.7 Å². The molecule has 0 aliphatic carbocycles. The first-order chi connectivity index (χ1) is 18.7. The van der Waals surface area contributed by atoms with Crippen LogP contribution in [0.3, 0.4) is 0 Å². The first kappa shape index (κ1) is 29.0. The quantitative estimate of drug-likeness (QED) is 0.115. The minimum Gasteiger partial charge on any atom is -0.480 e. The van der Waals surface area contributed by atoms with E-state index < -0.39 is 47.9 Å². The third kappa shape index (κ3) is 8.49. The summed E-state index contributed by atoms with van der Waals surface area (Å²) >= 11 is 0. The number of aromatic amines is 3. The summed E-state index contributed by atoms with van der Waals surface area (Å²) in [6.45, 7) is 3.53. The smallest absolute Gasteiger partial charge is 0.326 e. The zero-order chi connectivity index (χ0) is 28.4. The Hall–Kier alpha value is -4.53. The van der Waals surface area contributed by atoms with Gasteiger partial charge in [0.15, 0.2) is 0 Å². The molecule has 5 unspecified atom stereocenters. The molecular weight excluding hydrogens is 508 g/mol. The van der Waals surface area contributed by atoms with E-state index in [0.717, 1.165) is 0 Å². The second kappa shape index (κ2) is 13.9. The second-order valence-electron chi connectivity index (χ2n) is 9.28. The Morgan fingerprint density at radius 3 is 1.64 bits per heavy atom. The summed E-state index contributed by atoms with van der Waals surface area (Å²) in [6.07, 6.45) is 9.61. The van der Waals surface area contributed by atoms with Crippen molar-refractivity contribution in [2.24, 2.45) is 11.7 Å². The Morgan fingerprint density at radius 2 is 1.23 bits per heavy atom. The number of carbonyl (C=O) groups excluding carboxylic acids is 3. The highest BCUT2D eigenvalue weighted by molar-refractivity contribution is 5.94. The van der Waals surface area contributed by atoms with E-state index >= 15 is 0 Å². The molecule has 3 rings (SSSR count). The number of carbonyl (C=O) groups is 4. The normalized spacial score (nSPS) is 14.9. The maximum absolute atomic E-state index is 13.5. The van der Waals surface area contributed by atoms with Crippen LogP contribution in [0.4, 0.5) is 0 Å². The third-order valence-electron chi connectivity index (χ3n) is 6.33. The lowest BCUT2D eigenvalue weighted by molar-refractivity contribution is -0.143. The minimum atomic E-state index is -1.18. The number of hydrogen-bond acceptors (Lipinski definition) is 8. The SMILES string of the molecule is CCC(C)C(NC(=O)C(Cc1cnc[nH]1)NC(=O)C(Cc1cnc[nH]1)NC(=O)C(N)Cc1cnc[nH]1)C(=O)O. The molecule has 15 nitrogen and oxygen atoms in total. The van der Waals surface area contributed by atoms with E-state index in [1.165, 1.54) is 31.4 Å². The molecule has 39 heavy (non-hydrogen) atoms. The van der Waals surface area contributed by atoms with Crippen LogP contribution in [-0.4, -0.2) is 82.9 Å². The van der Waals surface area contributed by atoms with E-state index in [1.54, 1.807) is 13.1 Å². The first-order valence-corrected chi connectivity index (χ1v) is 12.5. The fraction of sp³-hybridized carbons (Fsp3) is 0.458. The zero-order valence-corrected chi connectivity index (χ0v) is 21.7. The number of nitrogens with zero attached hydrogens (tertiary/aromatic N) is 3. The molecule has 3 aromatic rings. The Kier molecular flexibility index (Phi) is 10.3. The molecule has 0 fully saturated rings. The highest BCUT2D eigenvalue weighted by atomic mass is 16.4. The topological polar surface area (TPSA) is 237 Å². The molecule has 0 radical (unpaired) electrons. The van der Waals surface area contributed by atoms with Crippen molar-refractivity contribution in [2.75, 3.05) is 0 Å². The van der Waals surface area contributed by atoms with Gasteiger partial charge in [0, 0.05) is 54.9 Å². The van der Waals surface area contributed by atoms with Crippen molar-refractivity contribution in [2.45, 2.75) is 63.7 Å². The van der Waals surface area contributed by atoms with E-state index in [1.807, 2.05) is 6.92 Å². The summed E-state index contributed by atoms with van der Waals surface area (Å²) in [5.74, 6) is -3.46. The summed E-state index contributed by atoms with van der Waals surface area (Å²) in [6, 6.07) is -4.40. The molecule has 0 saturated heterocycles. The highest BCUT2D eigenvalue weighted by Gasteiger charge is 2.32. The van der Waals surface area contributed by atoms with E-state index in [4.69, 9.17) is 5.73 Å². The number of nitrogens with one attached hydrogen (secondary N) is 6. The van der Waals surface area contributed by atoms with Crippen molar-refractivity contribution in [3.8, 4) is 0 Å². The van der Waals surface area contributed by atoms with Crippen LogP contribution in [0.5, 0.6) is 0 Å². The molecule has 9 N–H and O–H groups in total. The van der Waals surface area contributed by atoms with Gasteiger partial charge in [-0.1, -0.05) is 20.3 Å². The number of H-pyrrole nitrogens is 3. The van der Waals surface area contributed by atoms with Gasteiger partial charge in [-0.15, -0.1) is 0 Å². The summed E-state index contributed by atoms with van der Waals surface area (Å²) in [4.78, 5) is 71.8. The van der Waals surface area contributed by atoms with Gasteiger partial charge in [0.05, 0.1) is 25.0 Å². The fourth-order valence-corrected chi connectivity index (χ4v) is 3.86. The highest BCUT2D eigenvalue weighted by Crippen LogP contribution is 2.10. The van der Waals surface area contributed by atoms with Gasteiger partial charge in [0.2, 0.25) is 17.7 Å². The molecule has 15 heteroatoms. The Morgan fingerprint density at radius 1 is 0.795 bits per heavy atom. The van der Waals surface area contributed by atoms with Crippen LogP contribution in [0.1, 0.15) is 37.4 Å². The lowest BCUT2D eigenvalue weighted by Gasteiger charge is -2.26. The van der Waals surface area contributed by atoms with Gasteiger partial charge >= 0.3 is 5.97 Å². The average Bonchev–Trinajstić information content (AvgIpc) is 3.70. The second-order valence-corrected chi connectivity index (χ2v) is 9.28. The largest absolute Gasteiger partial charge is 0.480 e. The molecule has 0 saturated carbocycles. The van der Waals surface area contributed by atoms with Crippen LogP contribution < -0.4 is 21.7 Å². The predicted molar refractivity (Wildman–Crippen MR) is 138 cm³/mol. The maximum Gasteiger partial charge on any atom is 0.326 e. The number of imidazole rings is 3. The Bertz CT molecular complexity index is 1200. The van der Waals surface area contributed by atoms with Crippen molar-refractivity contribution in [3.63, 3.8) is 0 Å². The molecule has 3 aromatic heterocycles. The molecule has 0 aromatic carbocycles. The summed E-state index contributed by atoms with van der Waals surface area (Å²) in [5.41, 5.74) is 7.81. The molecule has 5 atom stereocenters. The number of carboxylic acids is 1. The van der Waals surface area contributed by atoms with Crippen molar-refractivity contribution < 1.29 is 24.3 Å². The number of nitrogens with two attached hydrogens (primary N) is 1. The number of rotatable bonds is 15. The Balaban J connectivity index is 1.78. The monoisotopic (exact) mass is 542 g/mol. The average molecular weight is 543 g/mol. The molecule has 3 amide bonds. The summed E-state index contributed by atoms with van der Waals surface area (Å²) < 4.78 is 0. The van der Waals surface area contributed by atoms with Crippen LogP contribution in [0.25, 0.3) is 0 Å². The lowest BCUT2D eigenvalue weighted by Crippen LogP contribution is -2.58. The Labute approximate surface area is 224 Å². The lowest BCUT2D eigenvalue weighted by atomic mass is 9.98. The molecule has 0 bridgehead atoms. The standard InChI is InChI=1S/C24H34N10O5/c1-3-13(2)20(24(38)39)34-23(37)19(6-16-9-28-12-31-16)33-22(36)18(5-15-8-27-11-30-15)32-21(35)17(25)4-14-7-26-10-29-14/h7-13,17-20H,3-6,25H2,1-2H3,(H,26,29)(H,27,30)(H,28,31)(H,32,35)(H,33,36)(H,34,37)(H,38,39). The fourth-order valence-electron chi connectivity index (χ4n) is 3.86. The number of aromatic nitrogens is 6. The van der Waals surface area contributed by atoms with E-state index in [2.05, 4.69) is 45.9 Å². The number of hydrogen-bond donors (Lipinski definition) is 8. The molecule has 0 spiro atoms. The third-order valence-corrected chi connectivity index (χ3v) is 6.33. The van der Waals surface area contributed by atoms with Crippen LogP contribution in [0, 0.1) is 5.92 Å². The van der Waals surface area contributed by atoms with Gasteiger partial charge in [-0.2, -0.15) is 0 Å². The van der Waals surface area contributed by atoms with Crippen LogP contribution in [0.15, 0.2) is 37.6 Å². The van der Waals surface area contributed by atoms with Crippen molar-refractivity contribution in [1.29, 1.82) is 0 Å². The van der Waals surface area contributed by atoms with Crippen LogP contribution in [-0.2, 0) is 38.4 Å². The number of aliphatic carboxylic acids is 1. The first-order valence-electron chi connectivity index (χ1n) is 12.5. The number of carboxylic acid groups (broad SMARTS) is 1. The summed E-state index contributed by atoms with van der Waals surface area (Å²) in [5, 5.41) is 17.5. The predicted octanol–water partition coefficient (Wildman–Crippen LogP) is -1.20. The van der Waals surface area contributed by atoms with E-state index in [0.29, 0.717) is 23.5 Å². The van der Waals surface area contributed by atoms with E-state index in [9.17, 15) is 24.3 Å². The van der Waals surface area contributed by atoms with Gasteiger partial charge < -0.3 is 41.7 Å². The zero-order valence-electron chi connectivity index (χ0n) is 21.7. The molecule has 0 aliphatic heterocycles. The minimum absolute atomic E-state index is 0.00841. The summed E-state index contributed by atoms with van der Waals surface area (Å²) in [7, 11) is 0. The maximum atomic E-state index is 13.5. The molecular formula is C24H34N10O5. The molecule has 0 aliphatic rings. The van der Waals surface area contributed by atoms with Crippen LogP contribution >= 0.6 is 0 Å². The van der Waals surface area contributed by atoms with Crippen molar-refractivity contribution in [3.05, 3.63) is 54.7 Å². The van der Waals surface area contributed by atoms with Crippen molar-refractivity contribution in [1.82, 2.24) is 45.9 Å². The van der Waals surface area contributed by atoms with Gasteiger partial charge in [0.25, 0.3) is 0 Å². The van der Waals surface area contributed by atoms with Gasteiger partial charge in [-0.05, 0) is 5.92 Å². The van der Waals surface area contributed by atoms with Gasteiger partial charge in [-0.3, -0.25) is 14.4 Å². The molecule has 3 heterocycles. The molecule has 210 valence electrons. The van der Waals surface area contributed by atoms with Gasteiger partial charge in [-0.25, -0.2) is 19.7 Å². The van der Waals surface area contributed by atoms with Crippen LogP contribution in [0.2, 0.25) is 0 Å².